The van der Waals surface area contributed by atoms with Gasteiger partial charge in [0.2, 0.25) is 0 Å². The van der Waals surface area contributed by atoms with E-state index in [-0.39, 0.29) is 0 Å². The van der Waals surface area contributed by atoms with E-state index in [9.17, 15) is 0 Å². The molecule has 0 aliphatic heterocycles. The summed E-state index contributed by atoms with van der Waals surface area (Å²) in [6, 6.07) is 3.97. The second kappa shape index (κ2) is 6.93. The molecule has 0 unspecified atom stereocenters. The molecule has 1 heterocycles. The van der Waals surface area contributed by atoms with Crippen LogP contribution in [0.2, 0.25) is 0 Å². The van der Waals surface area contributed by atoms with E-state index in [2.05, 4.69) is 28.9 Å². The summed E-state index contributed by atoms with van der Waals surface area (Å²) in [7, 11) is 2.24. The molecular weight excluding hydrogens is 260 g/mol. The molecule has 0 atom stereocenters. The normalized spacial score (nSPS) is 28.1. The summed E-state index contributed by atoms with van der Waals surface area (Å²) < 4.78 is 2.22. The van der Waals surface area contributed by atoms with Gasteiger partial charge >= 0.3 is 0 Å². The maximum atomic E-state index is 6.00. The topological polar surface area (TPSA) is 47.1 Å². The lowest BCUT2D eigenvalue weighted by molar-refractivity contribution is 0.174. The van der Waals surface area contributed by atoms with Crippen LogP contribution in [-0.2, 0) is 6.54 Å². The molecule has 4 nitrogen and oxygen atoms in total. The first-order chi connectivity index (χ1) is 10.2. The Bertz CT molecular complexity index is 428. The second-order valence-corrected chi connectivity index (χ2v) is 7.06. The van der Waals surface area contributed by atoms with Crippen LogP contribution in [0.5, 0.6) is 0 Å². The number of nitrogens with zero attached hydrogens (tertiary/aromatic N) is 3. The number of hydrogen-bond donors (Lipinski definition) is 1. The molecule has 118 valence electrons. The number of hydrogen-bond acceptors (Lipinski definition) is 3. The van der Waals surface area contributed by atoms with Gasteiger partial charge in [0.25, 0.3) is 0 Å². The van der Waals surface area contributed by atoms with Gasteiger partial charge in [-0.2, -0.15) is 5.10 Å². The highest BCUT2D eigenvalue weighted by Gasteiger charge is 2.23. The zero-order valence-electron chi connectivity index (χ0n) is 13.4. The van der Waals surface area contributed by atoms with E-state index in [1.165, 1.54) is 63.5 Å². The van der Waals surface area contributed by atoms with E-state index >= 15 is 0 Å². The lowest BCUT2D eigenvalue weighted by Gasteiger charge is -2.33. The average molecular weight is 290 g/mol. The molecule has 2 saturated carbocycles. The smallest absolute Gasteiger partial charge is 0.0764 e. The minimum atomic E-state index is 0.431. The molecule has 0 spiro atoms. The molecule has 0 bridgehead atoms. The Morgan fingerprint density at radius 3 is 2.57 bits per heavy atom. The second-order valence-electron chi connectivity index (χ2n) is 7.06. The van der Waals surface area contributed by atoms with Crippen LogP contribution in [0.3, 0.4) is 0 Å². The van der Waals surface area contributed by atoms with Gasteiger partial charge in [-0.3, -0.25) is 9.58 Å². The Morgan fingerprint density at radius 1 is 1.14 bits per heavy atom. The van der Waals surface area contributed by atoms with Crippen LogP contribution in [0.15, 0.2) is 12.3 Å². The van der Waals surface area contributed by atoms with Gasteiger partial charge in [0.15, 0.2) is 0 Å². The van der Waals surface area contributed by atoms with Crippen LogP contribution in [-0.4, -0.2) is 33.8 Å². The Labute approximate surface area is 128 Å². The van der Waals surface area contributed by atoms with Gasteiger partial charge in [-0.1, -0.05) is 19.3 Å². The fourth-order valence-corrected chi connectivity index (χ4v) is 3.94. The lowest BCUT2D eigenvalue weighted by atomic mass is 9.91. The van der Waals surface area contributed by atoms with Crippen LogP contribution in [0, 0.1) is 0 Å². The van der Waals surface area contributed by atoms with Gasteiger partial charge in [-0.25, -0.2) is 0 Å². The molecule has 0 radical (unpaired) electrons. The fraction of sp³-hybridized carbons (Fsp3) is 0.824. The van der Waals surface area contributed by atoms with Crippen molar-refractivity contribution in [1.29, 1.82) is 0 Å². The molecule has 2 aliphatic carbocycles. The third-order valence-electron chi connectivity index (χ3n) is 5.39. The Balaban J connectivity index is 1.54. The van der Waals surface area contributed by atoms with Crippen molar-refractivity contribution in [3.05, 3.63) is 18.0 Å². The highest BCUT2D eigenvalue weighted by Crippen LogP contribution is 2.28. The predicted molar refractivity (Wildman–Crippen MR) is 86.0 cm³/mol. The summed E-state index contributed by atoms with van der Waals surface area (Å²) in [5, 5.41) is 4.83. The van der Waals surface area contributed by atoms with Crippen LogP contribution in [0.1, 0.15) is 69.5 Å². The van der Waals surface area contributed by atoms with Crippen LogP contribution in [0.4, 0.5) is 0 Å². The summed E-state index contributed by atoms with van der Waals surface area (Å²) in [6.07, 6.45) is 13.7. The first-order valence-electron chi connectivity index (χ1n) is 8.72. The van der Waals surface area contributed by atoms with Crippen LogP contribution < -0.4 is 5.73 Å². The maximum Gasteiger partial charge on any atom is 0.0764 e. The van der Waals surface area contributed by atoms with E-state index < -0.39 is 0 Å². The molecular formula is C17H30N4. The van der Waals surface area contributed by atoms with Gasteiger partial charge in [0.1, 0.15) is 0 Å². The number of aromatic nitrogens is 2. The largest absolute Gasteiger partial charge is 0.328 e. The quantitative estimate of drug-likeness (QED) is 0.927. The van der Waals surface area contributed by atoms with Crippen molar-refractivity contribution < 1.29 is 0 Å². The van der Waals surface area contributed by atoms with Crippen molar-refractivity contribution in [3.63, 3.8) is 0 Å². The minimum absolute atomic E-state index is 0.431. The molecule has 3 rings (SSSR count). The van der Waals surface area contributed by atoms with Gasteiger partial charge in [-0.05, 0) is 51.6 Å². The molecule has 4 heteroatoms. The highest BCUT2D eigenvalue weighted by molar-refractivity contribution is 5.00. The Hall–Kier alpha value is -0.870. The zero-order valence-corrected chi connectivity index (χ0v) is 13.4. The van der Waals surface area contributed by atoms with Gasteiger partial charge < -0.3 is 5.73 Å². The summed E-state index contributed by atoms with van der Waals surface area (Å²) >= 11 is 0. The molecule has 21 heavy (non-hydrogen) atoms. The molecule has 1 aromatic heterocycles. The third-order valence-corrected chi connectivity index (χ3v) is 5.39. The lowest BCUT2D eigenvalue weighted by Crippen LogP contribution is -2.38. The van der Waals surface area contributed by atoms with Gasteiger partial charge in [0, 0.05) is 24.8 Å². The van der Waals surface area contributed by atoms with Crippen molar-refractivity contribution in [2.45, 2.75) is 82.5 Å². The van der Waals surface area contributed by atoms with E-state index in [4.69, 9.17) is 10.8 Å². The molecule has 0 aromatic carbocycles. The van der Waals surface area contributed by atoms with Crippen molar-refractivity contribution in [2.24, 2.45) is 5.73 Å². The van der Waals surface area contributed by atoms with Crippen LogP contribution >= 0.6 is 0 Å². The first kappa shape index (κ1) is 15.0. The molecule has 2 N–H and O–H groups in total. The van der Waals surface area contributed by atoms with E-state index in [0.717, 1.165) is 6.54 Å². The molecule has 2 fully saturated rings. The summed E-state index contributed by atoms with van der Waals surface area (Å²) in [5.41, 5.74) is 7.22. The predicted octanol–water partition coefficient (Wildman–Crippen LogP) is 3.09. The SMILES string of the molecule is CN(Cc1ccn(C2CCCCC2)n1)C1CCC(N)CC1. The van der Waals surface area contributed by atoms with E-state index in [1.807, 2.05) is 0 Å². The molecule has 1 aromatic rings. The van der Waals surface area contributed by atoms with Crippen molar-refractivity contribution in [2.75, 3.05) is 7.05 Å². The standard InChI is InChI=1S/C17H30N4/c1-20(16-9-7-14(18)8-10-16)13-15-11-12-21(19-15)17-5-3-2-4-6-17/h11-12,14,16-17H,2-10,13,18H2,1H3. The molecule has 0 amide bonds. The number of rotatable bonds is 4. The summed E-state index contributed by atoms with van der Waals surface area (Å²) in [5.74, 6) is 0. The molecule has 2 aliphatic rings. The summed E-state index contributed by atoms with van der Waals surface area (Å²) in [4.78, 5) is 2.47. The Kier molecular flexibility index (Phi) is 4.96. The summed E-state index contributed by atoms with van der Waals surface area (Å²) in [6.45, 7) is 0.972. The highest BCUT2D eigenvalue weighted by atomic mass is 15.3. The van der Waals surface area contributed by atoms with E-state index in [0.29, 0.717) is 18.1 Å². The average Bonchev–Trinajstić information content (AvgIpc) is 2.97. The van der Waals surface area contributed by atoms with Crippen molar-refractivity contribution in [3.8, 4) is 0 Å². The van der Waals surface area contributed by atoms with E-state index in [1.54, 1.807) is 0 Å². The van der Waals surface area contributed by atoms with Crippen molar-refractivity contribution in [1.82, 2.24) is 14.7 Å². The monoisotopic (exact) mass is 290 g/mol. The van der Waals surface area contributed by atoms with Gasteiger partial charge in [0.05, 0.1) is 11.7 Å². The fourth-order valence-electron chi connectivity index (χ4n) is 3.94. The first-order valence-corrected chi connectivity index (χ1v) is 8.72. The Morgan fingerprint density at radius 2 is 1.86 bits per heavy atom. The third kappa shape index (κ3) is 3.86. The van der Waals surface area contributed by atoms with Crippen molar-refractivity contribution >= 4 is 0 Å². The number of nitrogens with two attached hydrogens (primary N) is 1. The van der Waals surface area contributed by atoms with Gasteiger partial charge in [-0.15, -0.1) is 0 Å². The molecule has 0 saturated heterocycles. The zero-order chi connectivity index (χ0) is 14.7. The minimum Gasteiger partial charge on any atom is -0.328 e. The van der Waals surface area contributed by atoms with Crippen LogP contribution in [0.25, 0.3) is 0 Å². The maximum absolute atomic E-state index is 6.00.